The van der Waals surface area contributed by atoms with Gasteiger partial charge in [-0.25, -0.2) is 4.79 Å². The SMILES string of the molecule is CCC(C)(C)C(=O)N1CCN(C(=NOC(=O)C2CC2)c2ccccn2)CC1. The zero-order valence-corrected chi connectivity index (χ0v) is 16.4. The predicted molar refractivity (Wildman–Crippen MR) is 102 cm³/mol. The topological polar surface area (TPSA) is 75.1 Å². The molecule has 1 aromatic rings. The Morgan fingerprint density at radius 2 is 1.85 bits per heavy atom. The van der Waals surface area contributed by atoms with E-state index in [-0.39, 0.29) is 23.2 Å². The van der Waals surface area contributed by atoms with Crippen molar-refractivity contribution in [2.45, 2.75) is 40.0 Å². The van der Waals surface area contributed by atoms with E-state index in [4.69, 9.17) is 4.84 Å². The van der Waals surface area contributed by atoms with Gasteiger partial charge in [0.25, 0.3) is 0 Å². The molecule has 1 aliphatic heterocycles. The molecule has 0 aromatic carbocycles. The van der Waals surface area contributed by atoms with Gasteiger partial charge < -0.3 is 14.6 Å². The van der Waals surface area contributed by atoms with Gasteiger partial charge >= 0.3 is 5.97 Å². The van der Waals surface area contributed by atoms with Gasteiger partial charge in [0.15, 0.2) is 5.84 Å². The van der Waals surface area contributed by atoms with E-state index in [9.17, 15) is 9.59 Å². The first-order valence-corrected chi connectivity index (χ1v) is 9.67. The molecule has 0 bridgehead atoms. The average Bonchev–Trinajstić information content (AvgIpc) is 3.54. The zero-order chi connectivity index (χ0) is 19.4. The molecule has 1 aromatic heterocycles. The number of nitrogens with zero attached hydrogens (tertiary/aromatic N) is 4. The molecular weight excluding hydrogens is 344 g/mol. The normalized spacial score (nSPS) is 18.4. The van der Waals surface area contributed by atoms with Crippen LogP contribution in [0.25, 0.3) is 0 Å². The van der Waals surface area contributed by atoms with E-state index in [1.807, 2.05) is 48.8 Å². The van der Waals surface area contributed by atoms with Gasteiger partial charge in [0.05, 0.1) is 5.92 Å². The van der Waals surface area contributed by atoms with Crippen LogP contribution in [0, 0.1) is 11.3 Å². The largest absolute Gasteiger partial charge is 0.349 e. The van der Waals surface area contributed by atoms with E-state index in [2.05, 4.69) is 10.1 Å². The molecular formula is C20H28N4O3. The van der Waals surface area contributed by atoms with Crippen LogP contribution in [0.4, 0.5) is 0 Å². The molecule has 0 unspecified atom stereocenters. The first kappa shape index (κ1) is 19.3. The van der Waals surface area contributed by atoms with E-state index < -0.39 is 0 Å². The Labute approximate surface area is 160 Å². The Morgan fingerprint density at radius 1 is 1.19 bits per heavy atom. The molecule has 146 valence electrons. The number of hydrogen-bond donors (Lipinski definition) is 0. The van der Waals surface area contributed by atoms with Gasteiger partial charge in [-0.3, -0.25) is 9.78 Å². The Hall–Kier alpha value is -2.44. The van der Waals surface area contributed by atoms with Crippen LogP contribution in [-0.2, 0) is 14.4 Å². The summed E-state index contributed by atoms with van der Waals surface area (Å²) in [6, 6.07) is 5.56. The van der Waals surface area contributed by atoms with E-state index in [0.717, 1.165) is 19.3 Å². The average molecular weight is 372 g/mol. The molecule has 1 amide bonds. The summed E-state index contributed by atoms with van der Waals surface area (Å²) >= 11 is 0. The van der Waals surface area contributed by atoms with Crippen LogP contribution in [-0.4, -0.2) is 58.7 Å². The fourth-order valence-corrected chi connectivity index (χ4v) is 2.94. The van der Waals surface area contributed by atoms with Crippen LogP contribution in [0.2, 0.25) is 0 Å². The Bertz CT molecular complexity index is 705. The third-order valence-corrected chi connectivity index (χ3v) is 5.36. The summed E-state index contributed by atoms with van der Waals surface area (Å²) in [7, 11) is 0. The molecule has 27 heavy (non-hydrogen) atoms. The summed E-state index contributed by atoms with van der Waals surface area (Å²) in [4.78, 5) is 38.0. The molecule has 3 rings (SSSR count). The van der Waals surface area contributed by atoms with E-state index in [0.29, 0.717) is 37.7 Å². The van der Waals surface area contributed by atoms with Crippen molar-refractivity contribution in [2.24, 2.45) is 16.5 Å². The van der Waals surface area contributed by atoms with E-state index in [1.54, 1.807) is 6.20 Å². The first-order chi connectivity index (χ1) is 12.9. The van der Waals surface area contributed by atoms with E-state index >= 15 is 0 Å². The summed E-state index contributed by atoms with van der Waals surface area (Å²) in [5.41, 5.74) is 0.314. The van der Waals surface area contributed by atoms with Crippen molar-refractivity contribution in [3.63, 3.8) is 0 Å². The van der Waals surface area contributed by atoms with Crippen LogP contribution in [0.3, 0.4) is 0 Å². The molecule has 7 heteroatoms. The van der Waals surface area contributed by atoms with Crippen molar-refractivity contribution in [3.05, 3.63) is 30.1 Å². The van der Waals surface area contributed by atoms with Gasteiger partial charge in [0, 0.05) is 37.8 Å². The molecule has 0 spiro atoms. The van der Waals surface area contributed by atoms with Crippen molar-refractivity contribution >= 4 is 17.7 Å². The quantitative estimate of drug-likeness (QED) is 0.343. The van der Waals surface area contributed by atoms with Crippen LogP contribution in [0.5, 0.6) is 0 Å². The number of amidine groups is 1. The maximum Gasteiger partial charge on any atom is 0.338 e. The van der Waals surface area contributed by atoms with Gasteiger partial charge in [-0.1, -0.05) is 32.0 Å². The van der Waals surface area contributed by atoms with Crippen LogP contribution >= 0.6 is 0 Å². The second-order valence-corrected chi connectivity index (χ2v) is 7.83. The summed E-state index contributed by atoms with van der Waals surface area (Å²) in [6.45, 7) is 8.49. The maximum atomic E-state index is 12.7. The fourth-order valence-electron chi connectivity index (χ4n) is 2.94. The zero-order valence-electron chi connectivity index (χ0n) is 16.4. The number of aromatic nitrogens is 1. The maximum absolute atomic E-state index is 12.7. The van der Waals surface area contributed by atoms with Crippen molar-refractivity contribution in [1.82, 2.24) is 14.8 Å². The minimum atomic E-state index is -0.347. The Morgan fingerprint density at radius 3 is 2.41 bits per heavy atom. The van der Waals surface area contributed by atoms with Crippen molar-refractivity contribution in [1.29, 1.82) is 0 Å². The highest BCUT2D eigenvalue weighted by molar-refractivity contribution is 5.97. The standard InChI is InChI=1S/C20H28N4O3/c1-4-20(2,3)19(26)24-13-11-23(12-14-24)17(16-7-5-6-10-21-16)22-27-18(25)15-8-9-15/h5-7,10,15H,4,8-9,11-14H2,1-3H3. The lowest BCUT2D eigenvalue weighted by molar-refractivity contribution is -0.145. The number of piperazine rings is 1. The summed E-state index contributed by atoms with van der Waals surface area (Å²) in [5.74, 6) is 0.444. The second kappa shape index (κ2) is 8.06. The molecule has 0 atom stereocenters. The minimum Gasteiger partial charge on any atom is -0.349 e. The number of pyridine rings is 1. The third kappa shape index (κ3) is 4.64. The highest BCUT2D eigenvalue weighted by atomic mass is 16.7. The predicted octanol–water partition coefficient (Wildman–Crippen LogP) is 2.28. The van der Waals surface area contributed by atoms with Gasteiger partial charge in [-0.05, 0) is 31.4 Å². The van der Waals surface area contributed by atoms with Crippen molar-refractivity contribution in [2.75, 3.05) is 26.2 Å². The molecule has 2 heterocycles. The molecule has 0 radical (unpaired) electrons. The first-order valence-electron chi connectivity index (χ1n) is 9.67. The van der Waals surface area contributed by atoms with Crippen molar-refractivity contribution in [3.8, 4) is 0 Å². The minimum absolute atomic E-state index is 0.00974. The summed E-state index contributed by atoms with van der Waals surface area (Å²) in [6.07, 6.45) is 4.25. The Balaban J connectivity index is 1.70. The smallest absolute Gasteiger partial charge is 0.338 e. The van der Waals surface area contributed by atoms with Crippen LogP contribution in [0.15, 0.2) is 29.6 Å². The highest BCUT2D eigenvalue weighted by Gasteiger charge is 2.34. The molecule has 0 N–H and O–H groups in total. The molecule has 2 fully saturated rings. The molecule has 2 aliphatic rings. The van der Waals surface area contributed by atoms with Gasteiger partial charge in [-0.15, -0.1) is 0 Å². The summed E-state index contributed by atoms with van der Waals surface area (Å²) < 4.78 is 0. The van der Waals surface area contributed by atoms with Crippen molar-refractivity contribution < 1.29 is 14.4 Å². The summed E-state index contributed by atoms with van der Waals surface area (Å²) in [5, 5.41) is 4.14. The molecule has 1 saturated carbocycles. The lowest BCUT2D eigenvalue weighted by atomic mass is 9.88. The van der Waals surface area contributed by atoms with Crippen LogP contribution in [0.1, 0.15) is 45.7 Å². The lowest BCUT2D eigenvalue weighted by Crippen LogP contribution is -2.53. The number of amides is 1. The number of hydrogen-bond acceptors (Lipinski definition) is 5. The number of oxime groups is 1. The lowest BCUT2D eigenvalue weighted by Gasteiger charge is -2.39. The number of carbonyl (C=O) groups is 2. The third-order valence-electron chi connectivity index (χ3n) is 5.36. The monoisotopic (exact) mass is 372 g/mol. The molecule has 1 saturated heterocycles. The van der Waals surface area contributed by atoms with Gasteiger partial charge in [0.1, 0.15) is 5.69 Å². The van der Waals surface area contributed by atoms with Gasteiger partial charge in [-0.2, -0.15) is 0 Å². The Kier molecular flexibility index (Phi) is 5.77. The molecule has 7 nitrogen and oxygen atoms in total. The molecule has 1 aliphatic carbocycles. The number of carbonyl (C=O) groups excluding carboxylic acids is 2. The second-order valence-electron chi connectivity index (χ2n) is 7.83. The fraction of sp³-hybridized carbons (Fsp3) is 0.600. The van der Waals surface area contributed by atoms with Crippen LogP contribution < -0.4 is 0 Å². The van der Waals surface area contributed by atoms with Gasteiger partial charge in [0.2, 0.25) is 5.91 Å². The highest BCUT2D eigenvalue weighted by Crippen LogP contribution is 2.30. The van der Waals surface area contributed by atoms with E-state index in [1.165, 1.54) is 0 Å². The number of rotatable bonds is 5.